The van der Waals surface area contributed by atoms with Gasteiger partial charge in [-0.25, -0.2) is 12.8 Å². The maximum Gasteiger partial charge on any atom is 0.261 e. The molecule has 1 aromatic heterocycles. The minimum atomic E-state index is -3.82. The van der Waals surface area contributed by atoms with Crippen molar-refractivity contribution in [2.75, 3.05) is 40.7 Å². The predicted octanol–water partition coefficient (Wildman–Crippen LogP) is 4.92. The Morgan fingerprint density at radius 2 is 1.61 bits per heavy atom. The van der Waals surface area contributed by atoms with Crippen LogP contribution in [-0.4, -0.2) is 40.4 Å². The Balaban J connectivity index is 1.59. The third kappa shape index (κ3) is 4.89. The van der Waals surface area contributed by atoms with E-state index in [1.807, 2.05) is 6.92 Å². The van der Waals surface area contributed by atoms with Crippen LogP contribution in [0.15, 0.2) is 59.5 Å². The summed E-state index contributed by atoms with van der Waals surface area (Å²) in [4.78, 5) is 17.7. The van der Waals surface area contributed by atoms with Crippen LogP contribution in [0.3, 0.4) is 0 Å². The van der Waals surface area contributed by atoms with E-state index in [-0.39, 0.29) is 22.9 Å². The van der Waals surface area contributed by atoms with Gasteiger partial charge < -0.3 is 9.80 Å². The molecule has 0 unspecified atom stereocenters. The van der Waals surface area contributed by atoms with E-state index < -0.39 is 10.0 Å². The van der Waals surface area contributed by atoms with E-state index in [9.17, 15) is 17.6 Å². The van der Waals surface area contributed by atoms with Crippen LogP contribution >= 0.6 is 11.3 Å². The van der Waals surface area contributed by atoms with Gasteiger partial charge in [-0.15, -0.1) is 11.3 Å². The Bertz CT molecular complexity index is 1230. The number of carbonyl (C=O) groups excluding carboxylic acids is 1. The highest BCUT2D eigenvalue weighted by Crippen LogP contribution is 2.41. The highest BCUT2D eigenvalue weighted by atomic mass is 32.2. The van der Waals surface area contributed by atoms with Crippen molar-refractivity contribution in [2.45, 2.75) is 25.2 Å². The van der Waals surface area contributed by atoms with Gasteiger partial charge in [0.15, 0.2) is 5.78 Å². The average Bonchev–Trinajstić information content (AvgIpc) is 3.15. The van der Waals surface area contributed by atoms with E-state index in [0.29, 0.717) is 23.7 Å². The van der Waals surface area contributed by atoms with E-state index in [0.717, 1.165) is 29.3 Å². The fraction of sp³-hybridized carbons (Fsp3) is 0.292. The number of anilines is 3. The monoisotopic (exact) mass is 487 g/mol. The number of thiophene rings is 1. The molecule has 0 amide bonds. The van der Waals surface area contributed by atoms with Crippen LogP contribution in [0, 0.1) is 12.7 Å². The summed E-state index contributed by atoms with van der Waals surface area (Å²) in [6.45, 7) is 6.53. The molecule has 1 saturated heterocycles. The zero-order valence-electron chi connectivity index (χ0n) is 18.5. The quantitative estimate of drug-likeness (QED) is 0.479. The summed E-state index contributed by atoms with van der Waals surface area (Å²) >= 11 is 1.34. The lowest BCUT2D eigenvalue weighted by Gasteiger charge is -2.37. The summed E-state index contributed by atoms with van der Waals surface area (Å²) in [7, 11) is -3.82. The van der Waals surface area contributed by atoms with Crippen LogP contribution in [0.25, 0.3) is 0 Å². The van der Waals surface area contributed by atoms with Crippen LogP contribution in [0.1, 0.15) is 28.6 Å². The number of nitrogens with zero attached hydrogens (tertiary/aromatic N) is 2. The van der Waals surface area contributed by atoms with Crippen molar-refractivity contribution < 1.29 is 17.6 Å². The Morgan fingerprint density at radius 1 is 1.00 bits per heavy atom. The first-order chi connectivity index (χ1) is 15.8. The molecule has 0 saturated carbocycles. The molecule has 2 aromatic carbocycles. The molecule has 33 heavy (non-hydrogen) atoms. The predicted molar refractivity (Wildman–Crippen MR) is 132 cm³/mol. The number of halogens is 1. The summed E-state index contributed by atoms with van der Waals surface area (Å²) in [5.41, 5.74) is 2.09. The van der Waals surface area contributed by atoms with E-state index in [1.165, 1.54) is 35.6 Å². The Kier molecular flexibility index (Phi) is 6.71. The standard InChI is InChI=1S/C24H26FN3O3S2/c1-3-21(29)23-22(26-33(30,31)20-7-5-4-6-8-20)17(2)24(32-23)28-15-13-27(14-16-28)19-11-9-18(25)10-12-19/h4-12,26H,3,13-16H2,1-2H3. The summed E-state index contributed by atoms with van der Waals surface area (Å²) in [5, 5.41) is 0.899. The molecule has 0 aliphatic carbocycles. The number of sulfonamides is 1. The maximum atomic E-state index is 13.2. The smallest absolute Gasteiger partial charge is 0.261 e. The number of Topliss-reactive ketones (excluding diaryl/α,β-unsaturated/α-hetero) is 1. The molecule has 0 atom stereocenters. The molecule has 174 valence electrons. The van der Waals surface area contributed by atoms with Gasteiger partial charge in [0, 0.05) is 43.9 Å². The number of ketones is 1. The average molecular weight is 488 g/mol. The Hall–Kier alpha value is -2.91. The van der Waals surface area contributed by atoms with Crippen LogP contribution in [0.5, 0.6) is 0 Å². The molecule has 1 fully saturated rings. The molecule has 1 N–H and O–H groups in total. The van der Waals surface area contributed by atoms with Gasteiger partial charge in [-0.1, -0.05) is 25.1 Å². The van der Waals surface area contributed by atoms with Gasteiger partial charge in [-0.3, -0.25) is 9.52 Å². The van der Waals surface area contributed by atoms with E-state index in [1.54, 1.807) is 37.3 Å². The first-order valence-corrected chi connectivity index (χ1v) is 13.1. The Morgan fingerprint density at radius 3 is 2.21 bits per heavy atom. The first kappa shape index (κ1) is 23.3. The molecule has 1 aliphatic rings. The van der Waals surface area contributed by atoms with Gasteiger partial charge in [-0.05, 0) is 43.3 Å². The van der Waals surface area contributed by atoms with Gasteiger partial charge in [0.2, 0.25) is 0 Å². The summed E-state index contributed by atoms with van der Waals surface area (Å²) < 4.78 is 41.8. The van der Waals surface area contributed by atoms with Crippen molar-refractivity contribution in [2.24, 2.45) is 0 Å². The fourth-order valence-electron chi connectivity index (χ4n) is 3.90. The first-order valence-electron chi connectivity index (χ1n) is 10.8. The van der Waals surface area contributed by atoms with Gasteiger partial charge in [0.05, 0.1) is 20.5 Å². The number of hydrogen-bond acceptors (Lipinski definition) is 6. The van der Waals surface area contributed by atoms with Gasteiger partial charge in [-0.2, -0.15) is 0 Å². The second kappa shape index (κ2) is 9.52. The highest BCUT2D eigenvalue weighted by Gasteiger charge is 2.28. The van der Waals surface area contributed by atoms with Crippen molar-refractivity contribution in [3.05, 3.63) is 70.9 Å². The fourth-order valence-corrected chi connectivity index (χ4v) is 6.44. The third-order valence-corrected chi connectivity index (χ3v) is 8.50. The largest absolute Gasteiger partial charge is 0.368 e. The van der Waals surface area contributed by atoms with Crippen molar-refractivity contribution in [1.29, 1.82) is 0 Å². The molecule has 0 radical (unpaired) electrons. The van der Waals surface area contributed by atoms with Crippen molar-refractivity contribution >= 4 is 43.5 Å². The minimum Gasteiger partial charge on any atom is -0.368 e. The van der Waals surface area contributed by atoms with Crippen LogP contribution in [-0.2, 0) is 10.0 Å². The SMILES string of the molecule is CCC(=O)c1sc(N2CCN(c3ccc(F)cc3)CC2)c(C)c1NS(=O)(=O)c1ccccc1. The molecule has 4 rings (SSSR count). The second-order valence-electron chi connectivity index (χ2n) is 7.88. The molecular weight excluding hydrogens is 461 g/mol. The maximum absolute atomic E-state index is 13.2. The normalized spacial score (nSPS) is 14.4. The second-order valence-corrected chi connectivity index (χ2v) is 10.6. The molecular formula is C24H26FN3O3S2. The van der Waals surface area contributed by atoms with Crippen LogP contribution in [0.4, 0.5) is 20.8 Å². The molecule has 6 nitrogen and oxygen atoms in total. The number of hydrogen-bond donors (Lipinski definition) is 1. The number of benzene rings is 2. The molecule has 0 spiro atoms. The molecule has 2 heterocycles. The van der Waals surface area contributed by atoms with Crippen molar-refractivity contribution in [3.63, 3.8) is 0 Å². The number of piperazine rings is 1. The summed E-state index contributed by atoms with van der Waals surface area (Å²) in [6, 6.07) is 14.6. The molecule has 3 aromatic rings. The lowest BCUT2D eigenvalue weighted by atomic mass is 10.2. The van der Waals surface area contributed by atoms with E-state index >= 15 is 0 Å². The molecule has 9 heteroatoms. The highest BCUT2D eigenvalue weighted by molar-refractivity contribution is 7.92. The van der Waals surface area contributed by atoms with Crippen molar-refractivity contribution in [1.82, 2.24) is 0 Å². The number of carbonyl (C=O) groups is 1. The van der Waals surface area contributed by atoms with Crippen molar-refractivity contribution in [3.8, 4) is 0 Å². The molecule has 1 aliphatic heterocycles. The minimum absolute atomic E-state index is 0.0925. The number of rotatable bonds is 7. The van der Waals surface area contributed by atoms with E-state index in [2.05, 4.69) is 14.5 Å². The zero-order valence-corrected chi connectivity index (χ0v) is 20.2. The zero-order chi connectivity index (χ0) is 23.6. The lowest BCUT2D eigenvalue weighted by Crippen LogP contribution is -2.46. The third-order valence-electron chi connectivity index (χ3n) is 5.74. The van der Waals surface area contributed by atoms with E-state index in [4.69, 9.17) is 0 Å². The summed E-state index contributed by atoms with van der Waals surface area (Å²) in [5.74, 6) is -0.352. The topological polar surface area (TPSA) is 69.7 Å². The van der Waals surface area contributed by atoms with Crippen LogP contribution in [0.2, 0.25) is 0 Å². The van der Waals surface area contributed by atoms with Gasteiger partial charge in [0.1, 0.15) is 5.82 Å². The Labute approximate surface area is 197 Å². The number of nitrogens with one attached hydrogen (secondary N) is 1. The summed E-state index contributed by atoms with van der Waals surface area (Å²) in [6.07, 6.45) is 0.289. The van der Waals surface area contributed by atoms with Gasteiger partial charge in [0.25, 0.3) is 10.0 Å². The lowest BCUT2D eigenvalue weighted by molar-refractivity contribution is 0.0992. The van der Waals surface area contributed by atoms with Crippen LogP contribution < -0.4 is 14.5 Å². The molecule has 0 bridgehead atoms. The van der Waals surface area contributed by atoms with Gasteiger partial charge >= 0.3 is 0 Å².